The van der Waals surface area contributed by atoms with Crippen molar-refractivity contribution in [2.24, 2.45) is 11.7 Å². The predicted octanol–water partition coefficient (Wildman–Crippen LogP) is 2.62. The summed E-state index contributed by atoms with van der Waals surface area (Å²) in [6, 6.07) is 7.93. The maximum atomic E-state index is 12.8. The SMILES string of the molecule is CCc1c(C(=O)N2CC[C@@H](CN)C2)cnn1-c1ccc(Br)cc1. The van der Waals surface area contributed by atoms with Crippen molar-refractivity contribution in [3.63, 3.8) is 0 Å². The first-order valence-electron chi connectivity index (χ1n) is 7.96. The van der Waals surface area contributed by atoms with E-state index < -0.39 is 0 Å². The molecular formula is C17H21BrN4O. The molecule has 3 rings (SSSR count). The van der Waals surface area contributed by atoms with Gasteiger partial charge in [0.25, 0.3) is 5.91 Å². The second-order valence-corrected chi connectivity index (χ2v) is 6.80. The number of benzene rings is 1. The van der Waals surface area contributed by atoms with Crippen molar-refractivity contribution in [2.75, 3.05) is 19.6 Å². The van der Waals surface area contributed by atoms with Gasteiger partial charge in [-0.3, -0.25) is 4.79 Å². The van der Waals surface area contributed by atoms with Crippen LogP contribution in [0.5, 0.6) is 0 Å². The molecule has 1 fully saturated rings. The zero-order chi connectivity index (χ0) is 16.4. The zero-order valence-corrected chi connectivity index (χ0v) is 14.8. The van der Waals surface area contributed by atoms with Gasteiger partial charge in [-0.15, -0.1) is 0 Å². The molecule has 1 aliphatic rings. The molecule has 6 heteroatoms. The Labute approximate surface area is 144 Å². The predicted molar refractivity (Wildman–Crippen MR) is 93.7 cm³/mol. The van der Waals surface area contributed by atoms with E-state index in [1.54, 1.807) is 6.20 Å². The standard InChI is InChI=1S/C17H21BrN4O/c1-2-16-15(17(23)21-8-7-12(9-19)11-21)10-20-22(16)14-5-3-13(18)4-6-14/h3-6,10,12H,2,7-9,11,19H2,1H3/t12-/m0/s1. The van der Waals surface area contributed by atoms with Crippen molar-refractivity contribution in [1.82, 2.24) is 14.7 Å². The van der Waals surface area contributed by atoms with E-state index in [1.165, 1.54) is 0 Å². The van der Waals surface area contributed by atoms with Crippen molar-refractivity contribution in [1.29, 1.82) is 0 Å². The number of hydrogen-bond donors (Lipinski definition) is 1. The van der Waals surface area contributed by atoms with E-state index in [2.05, 4.69) is 28.0 Å². The molecule has 23 heavy (non-hydrogen) atoms. The van der Waals surface area contributed by atoms with E-state index in [-0.39, 0.29) is 5.91 Å². The average Bonchev–Trinajstić information content (AvgIpc) is 3.21. The summed E-state index contributed by atoms with van der Waals surface area (Å²) in [7, 11) is 0. The highest BCUT2D eigenvalue weighted by molar-refractivity contribution is 9.10. The van der Waals surface area contributed by atoms with Gasteiger partial charge >= 0.3 is 0 Å². The number of carbonyl (C=O) groups excluding carboxylic acids is 1. The van der Waals surface area contributed by atoms with Gasteiger partial charge in [0.15, 0.2) is 0 Å². The molecule has 2 aromatic rings. The van der Waals surface area contributed by atoms with Crippen LogP contribution in [0.15, 0.2) is 34.9 Å². The van der Waals surface area contributed by atoms with E-state index in [0.29, 0.717) is 18.0 Å². The summed E-state index contributed by atoms with van der Waals surface area (Å²) < 4.78 is 2.88. The number of halogens is 1. The molecule has 1 aromatic heterocycles. The largest absolute Gasteiger partial charge is 0.338 e. The maximum absolute atomic E-state index is 12.8. The Morgan fingerprint density at radius 2 is 2.13 bits per heavy atom. The number of nitrogens with zero attached hydrogens (tertiary/aromatic N) is 3. The Hall–Kier alpha value is -1.66. The van der Waals surface area contributed by atoms with Gasteiger partial charge in [0.05, 0.1) is 23.1 Å². The monoisotopic (exact) mass is 376 g/mol. The quantitative estimate of drug-likeness (QED) is 0.891. The first kappa shape index (κ1) is 16.2. The summed E-state index contributed by atoms with van der Waals surface area (Å²) in [6.07, 6.45) is 3.44. The minimum atomic E-state index is 0.0705. The van der Waals surface area contributed by atoms with Crippen LogP contribution in [0.25, 0.3) is 5.69 Å². The normalized spacial score (nSPS) is 17.7. The van der Waals surface area contributed by atoms with Gasteiger partial charge in [0.1, 0.15) is 0 Å². The number of carbonyl (C=O) groups is 1. The summed E-state index contributed by atoms with van der Waals surface area (Å²) in [6.45, 7) is 4.23. The molecule has 1 aliphatic heterocycles. The molecule has 2 N–H and O–H groups in total. The molecule has 0 aliphatic carbocycles. The number of aromatic nitrogens is 2. The fourth-order valence-electron chi connectivity index (χ4n) is 3.08. The van der Waals surface area contributed by atoms with Crippen LogP contribution in [0.2, 0.25) is 0 Å². The fourth-order valence-corrected chi connectivity index (χ4v) is 3.34. The molecular weight excluding hydrogens is 356 g/mol. The first-order chi connectivity index (χ1) is 11.1. The van der Waals surface area contributed by atoms with Crippen LogP contribution in [-0.4, -0.2) is 40.2 Å². The van der Waals surface area contributed by atoms with E-state index in [0.717, 1.165) is 41.8 Å². The number of hydrogen-bond acceptors (Lipinski definition) is 3. The third-order valence-corrected chi connectivity index (χ3v) is 4.94. The Morgan fingerprint density at radius 3 is 2.74 bits per heavy atom. The highest BCUT2D eigenvalue weighted by Crippen LogP contribution is 2.22. The number of rotatable bonds is 4. The molecule has 1 aromatic carbocycles. The smallest absolute Gasteiger partial charge is 0.257 e. The van der Waals surface area contributed by atoms with Crippen LogP contribution in [0.4, 0.5) is 0 Å². The third kappa shape index (κ3) is 3.19. The highest BCUT2D eigenvalue weighted by Gasteiger charge is 2.28. The molecule has 0 bridgehead atoms. The number of nitrogens with two attached hydrogens (primary N) is 1. The van der Waals surface area contributed by atoms with Crippen molar-refractivity contribution in [3.05, 3.63) is 46.2 Å². The van der Waals surface area contributed by atoms with Gasteiger partial charge in [0, 0.05) is 17.6 Å². The van der Waals surface area contributed by atoms with Gasteiger partial charge in [0.2, 0.25) is 0 Å². The lowest BCUT2D eigenvalue weighted by Gasteiger charge is -2.16. The minimum Gasteiger partial charge on any atom is -0.338 e. The molecule has 0 unspecified atom stereocenters. The lowest BCUT2D eigenvalue weighted by molar-refractivity contribution is 0.0786. The molecule has 2 heterocycles. The molecule has 1 saturated heterocycles. The van der Waals surface area contributed by atoms with Crippen LogP contribution < -0.4 is 5.73 Å². The molecule has 1 amide bonds. The second-order valence-electron chi connectivity index (χ2n) is 5.89. The summed E-state index contributed by atoms with van der Waals surface area (Å²) in [5.74, 6) is 0.492. The maximum Gasteiger partial charge on any atom is 0.257 e. The number of likely N-dealkylation sites (tertiary alicyclic amines) is 1. The summed E-state index contributed by atoms with van der Waals surface area (Å²) in [5.41, 5.74) is 8.34. The topological polar surface area (TPSA) is 64.2 Å². The summed E-state index contributed by atoms with van der Waals surface area (Å²) in [4.78, 5) is 14.7. The lowest BCUT2D eigenvalue weighted by atomic mass is 10.1. The lowest BCUT2D eigenvalue weighted by Crippen LogP contribution is -2.30. The zero-order valence-electron chi connectivity index (χ0n) is 13.2. The Balaban J connectivity index is 1.89. The molecule has 0 radical (unpaired) electrons. The van der Waals surface area contributed by atoms with E-state index >= 15 is 0 Å². The fraction of sp³-hybridized carbons (Fsp3) is 0.412. The van der Waals surface area contributed by atoms with Crippen LogP contribution in [-0.2, 0) is 6.42 Å². The molecule has 1 atom stereocenters. The van der Waals surface area contributed by atoms with Gasteiger partial charge < -0.3 is 10.6 Å². The van der Waals surface area contributed by atoms with Gasteiger partial charge in [-0.2, -0.15) is 5.10 Å². The summed E-state index contributed by atoms with van der Waals surface area (Å²) in [5, 5.41) is 4.45. The summed E-state index contributed by atoms with van der Waals surface area (Å²) >= 11 is 3.44. The highest BCUT2D eigenvalue weighted by atomic mass is 79.9. The van der Waals surface area contributed by atoms with Gasteiger partial charge in [-0.05, 0) is 49.6 Å². The Bertz CT molecular complexity index is 695. The minimum absolute atomic E-state index is 0.0705. The van der Waals surface area contributed by atoms with Gasteiger partial charge in [-0.1, -0.05) is 22.9 Å². The Kier molecular flexibility index (Phi) is 4.82. The Morgan fingerprint density at radius 1 is 1.39 bits per heavy atom. The molecule has 0 saturated carbocycles. The van der Waals surface area contributed by atoms with Crippen LogP contribution in [0, 0.1) is 5.92 Å². The third-order valence-electron chi connectivity index (χ3n) is 4.41. The van der Waals surface area contributed by atoms with Crippen LogP contribution in [0.1, 0.15) is 29.4 Å². The van der Waals surface area contributed by atoms with Crippen molar-refractivity contribution in [3.8, 4) is 5.69 Å². The van der Waals surface area contributed by atoms with Crippen molar-refractivity contribution < 1.29 is 4.79 Å². The first-order valence-corrected chi connectivity index (χ1v) is 8.75. The van der Waals surface area contributed by atoms with Crippen LogP contribution >= 0.6 is 15.9 Å². The number of amides is 1. The van der Waals surface area contributed by atoms with E-state index in [4.69, 9.17) is 5.73 Å². The van der Waals surface area contributed by atoms with Crippen LogP contribution in [0.3, 0.4) is 0 Å². The molecule has 0 spiro atoms. The van der Waals surface area contributed by atoms with E-state index in [9.17, 15) is 4.79 Å². The molecule has 5 nitrogen and oxygen atoms in total. The second kappa shape index (κ2) is 6.84. The molecule has 122 valence electrons. The van der Waals surface area contributed by atoms with E-state index in [1.807, 2.05) is 33.8 Å². The van der Waals surface area contributed by atoms with Crippen molar-refractivity contribution in [2.45, 2.75) is 19.8 Å². The average molecular weight is 377 g/mol. The van der Waals surface area contributed by atoms with Crippen molar-refractivity contribution >= 4 is 21.8 Å². The van der Waals surface area contributed by atoms with Gasteiger partial charge in [-0.25, -0.2) is 4.68 Å².